The van der Waals surface area contributed by atoms with Crippen molar-refractivity contribution in [3.8, 4) is 0 Å². The van der Waals surface area contributed by atoms with Crippen LogP contribution in [0.2, 0.25) is 0 Å². The molecular formula is C11H19NO4S. The van der Waals surface area contributed by atoms with Crippen molar-refractivity contribution in [2.75, 3.05) is 12.3 Å². The van der Waals surface area contributed by atoms with Crippen LogP contribution in [-0.4, -0.2) is 49.2 Å². The quantitative estimate of drug-likeness (QED) is 0.760. The number of aliphatic carboxylic acids is 1. The van der Waals surface area contributed by atoms with Crippen LogP contribution in [0.25, 0.3) is 0 Å². The minimum Gasteiger partial charge on any atom is -0.480 e. The average Bonchev–Trinajstić information content (AvgIpc) is 3.02. The Labute approximate surface area is 104 Å². The molecule has 1 aliphatic rings. The maximum atomic E-state index is 11.9. The highest BCUT2D eigenvalue weighted by atomic mass is 32.2. The zero-order chi connectivity index (χ0) is 13.2. The first-order valence-corrected chi connectivity index (χ1v) is 7.04. The summed E-state index contributed by atoms with van der Waals surface area (Å²) in [7, 11) is -1.69. The molecule has 1 saturated carbocycles. The second kappa shape index (κ2) is 5.16. The Morgan fingerprint density at radius 1 is 1.41 bits per heavy atom. The third-order valence-corrected chi connectivity index (χ3v) is 4.81. The number of carbonyl (C=O) groups is 2. The van der Waals surface area contributed by atoms with Crippen molar-refractivity contribution in [1.29, 1.82) is 0 Å². The molecule has 0 spiro atoms. The van der Waals surface area contributed by atoms with Crippen molar-refractivity contribution in [3.05, 3.63) is 0 Å². The van der Waals surface area contributed by atoms with Crippen LogP contribution in [0.3, 0.4) is 0 Å². The van der Waals surface area contributed by atoms with E-state index in [1.54, 1.807) is 4.90 Å². The molecule has 1 fully saturated rings. The molecule has 1 atom stereocenters. The highest BCUT2D eigenvalue weighted by Crippen LogP contribution is 2.27. The fraction of sp³-hybridized carbons (Fsp3) is 0.818. The zero-order valence-electron chi connectivity index (χ0n) is 10.4. The maximum absolute atomic E-state index is 11.9. The van der Waals surface area contributed by atoms with Gasteiger partial charge in [0.15, 0.2) is 0 Å². The van der Waals surface area contributed by atoms with Crippen molar-refractivity contribution in [2.45, 2.75) is 44.4 Å². The van der Waals surface area contributed by atoms with E-state index in [4.69, 9.17) is 5.11 Å². The van der Waals surface area contributed by atoms with Crippen molar-refractivity contribution >= 4 is 22.7 Å². The summed E-state index contributed by atoms with van der Waals surface area (Å²) in [6.07, 6.45) is 1.99. The van der Waals surface area contributed by atoms with Crippen LogP contribution < -0.4 is 0 Å². The predicted molar refractivity (Wildman–Crippen MR) is 65.1 cm³/mol. The lowest BCUT2D eigenvalue weighted by molar-refractivity contribution is -0.139. The van der Waals surface area contributed by atoms with Gasteiger partial charge in [0.2, 0.25) is 5.91 Å². The number of amides is 1. The molecule has 1 rings (SSSR count). The monoisotopic (exact) mass is 261 g/mol. The number of hydrogen-bond acceptors (Lipinski definition) is 3. The molecule has 98 valence electrons. The molecule has 0 radical (unpaired) electrons. The lowest BCUT2D eigenvalue weighted by Crippen LogP contribution is -2.43. The molecule has 0 heterocycles. The van der Waals surface area contributed by atoms with E-state index in [0.717, 1.165) is 12.8 Å². The third kappa shape index (κ3) is 3.28. The fourth-order valence-electron chi connectivity index (χ4n) is 1.50. The van der Waals surface area contributed by atoms with Crippen LogP contribution in [-0.2, 0) is 20.4 Å². The van der Waals surface area contributed by atoms with Gasteiger partial charge in [0.05, 0.1) is 0 Å². The summed E-state index contributed by atoms with van der Waals surface area (Å²) in [6, 6.07) is 0.275. The highest BCUT2D eigenvalue weighted by Gasteiger charge is 2.38. The topological polar surface area (TPSA) is 74.7 Å². The first kappa shape index (κ1) is 14.2. The molecule has 6 heteroatoms. The smallest absolute Gasteiger partial charge is 0.321 e. The number of carboxylic acid groups (broad SMARTS) is 1. The summed E-state index contributed by atoms with van der Waals surface area (Å²) in [5.41, 5.74) is 0. The summed E-state index contributed by atoms with van der Waals surface area (Å²) in [4.78, 5) is 24.5. The zero-order valence-corrected chi connectivity index (χ0v) is 11.2. The normalized spacial score (nSPS) is 17.6. The lowest BCUT2D eigenvalue weighted by atomic mass is 10.2. The van der Waals surface area contributed by atoms with Gasteiger partial charge in [-0.25, -0.2) is 0 Å². The Balaban J connectivity index is 2.61. The molecule has 5 nitrogen and oxygen atoms in total. The Kier molecular flexibility index (Phi) is 4.30. The molecule has 1 unspecified atom stereocenters. The first-order chi connectivity index (χ1) is 7.80. The van der Waals surface area contributed by atoms with Crippen LogP contribution in [0.1, 0.15) is 33.6 Å². The second-order valence-electron chi connectivity index (χ2n) is 4.72. The van der Waals surface area contributed by atoms with Crippen molar-refractivity contribution < 1.29 is 18.9 Å². The fourth-order valence-corrected chi connectivity index (χ4v) is 2.44. The Morgan fingerprint density at radius 3 is 2.29 bits per heavy atom. The predicted octanol–water partition coefficient (Wildman–Crippen LogP) is 0.609. The standard InChI is InChI=1S/C11H19NO4S/c1-4-12(8-5-6-8)9(13)7-17(16)11(2,3)10(14)15/h8H,4-7H2,1-3H3,(H,14,15). The van der Waals surface area contributed by atoms with Crippen LogP contribution in [0.4, 0.5) is 0 Å². The lowest BCUT2D eigenvalue weighted by Gasteiger charge is -2.23. The van der Waals surface area contributed by atoms with E-state index >= 15 is 0 Å². The largest absolute Gasteiger partial charge is 0.480 e. The van der Waals surface area contributed by atoms with Crippen molar-refractivity contribution in [2.24, 2.45) is 0 Å². The van der Waals surface area contributed by atoms with Gasteiger partial charge < -0.3 is 10.0 Å². The molecule has 0 saturated heterocycles. The van der Waals surface area contributed by atoms with Crippen LogP contribution in [0.5, 0.6) is 0 Å². The average molecular weight is 261 g/mol. The number of carbonyl (C=O) groups excluding carboxylic acids is 1. The number of hydrogen-bond donors (Lipinski definition) is 1. The Bertz CT molecular complexity index is 349. The van der Waals surface area contributed by atoms with Gasteiger partial charge in [-0.05, 0) is 33.6 Å². The molecule has 1 aliphatic carbocycles. The van der Waals surface area contributed by atoms with Crippen LogP contribution >= 0.6 is 0 Å². The minimum atomic E-state index is -1.69. The van der Waals surface area contributed by atoms with Gasteiger partial charge in [-0.1, -0.05) is 0 Å². The third-order valence-electron chi connectivity index (χ3n) is 2.99. The summed E-state index contributed by atoms with van der Waals surface area (Å²) in [5.74, 6) is -1.55. The number of nitrogens with zero attached hydrogens (tertiary/aromatic N) is 1. The summed E-state index contributed by atoms with van der Waals surface area (Å²) in [5, 5.41) is 8.92. The SMILES string of the molecule is CCN(C(=O)CS(=O)C(C)(C)C(=O)O)C1CC1. The summed E-state index contributed by atoms with van der Waals surface area (Å²) >= 11 is 0. The molecule has 1 N–H and O–H groups in total. The van der Waals surface area contributed by atoms with E-state index in [2.05, 4.69) is 0 Å². The molecule has 0 aromatic rings. The molecule has 0 aliphatic heterocycles. The van der Waals surface area contributed by atoms with Gasteiger partial charge in [0.25, 0.3) is 0 Å². The second-order valence-corrected chi connectivity index (χ2v) is 6.72. The van der Waals surface area contributed by atoms with E-state index in [0.29, 0.717) is 6.54 Å². The molecular weight excluding hydrogens is 242 g/mol. The molecule has 0 bridgehead atoms. The van der Waals surface area contributed by atoms with E-state index in [1.165, 1.54) is 13.8 Å². The Hall–Kier alpha value is -0.910. The van der Waals surface area contributed by atoms with Crippen LogP contribution in [0.15, 0.2) is 0 Å². The van der Waals surface area contributed by atoms with Crippen molar-refractivity contribution in [1.82, 2.24) is 4.90 Å². The molecule has 1 amide bonds. The van der Waals surface area contributed by atoms with Gasteiger partial charge in [-0.2, -0.15) is 0 Å². The summed E-state index contributed by atoms with van der Waals surface area (Å²) in [6.45, 7) is 5.23. The van der Waals surface area contributed by atoms with Gasteiger partial charge in [-0.15, -0.1) is 0 Å². The van der Waals surface area contributed by atoms with Gasteiger partial charge >= 0.3 is 5.97 Å². The van der Waals surface area contributed by atoms with Crippen molar-refractivity contribution in [3.63, 3.8) is 0 Å². The first-order valence-electron chi connectivity index (χ1n) is 5.72. The number of carboxylic acids is 1. The Morgan fingerprint density at radius 2 is 1.94 bits per heavy atom. The van der Waals surface area contributed by atoms with Crippen LogP contribution in [0, 0.1) is 0 Å². The van der Waals surface area contributed by atoms with Gasteiger partial charge in [0.1, 0.15) is 10.5 Å². The van der Waals surface area contributed by atoms with E-state index in [1.807, 2.05) is 6.92 Å². The van der Waals surface area contributed by atoms with Gasteiger partial charge in [-0.3, -0.25) is 13.8 Å². The van der Waals surface area contributed by atoms with Gasteiger partial charge in [0, 0.05) is 23.4 Å². The number of rotatable bonds is 6. The van der Waals surface area contributed by atoms with E-state index < -0.39 is 21.5 Å². The molecule has 0 aromatic carbocycles. The molecule has 17 heavy (non-hydrogen) atoms. The molecule has 0 aromatic heterocycles. The summed E-state index contributed by atoms with van der Waals surface area (Å²) < 4.78 is 10.5. The van der Waals surface area contributed by atoms with E-state index in [9.17, 15) is 13.8 Å². The van der Waals surface area contributed by atoms with E-state index in [-0.39, 0.29) is 17.7 Å². The maximum Gasteiger partial charge on any atom is 0.321 e. The minimum absolute atomic E-state index is 0.205. The highest BCUT2D eigenvalue weighted by molar-refractivity contribution is 7.87.